The number of benzene rings is 2. The molecule has 144 valence electrons. The highest BCUT2D eigenvalue weighted by Crippen LogP contribution is 2.31. The molecule has 1 saturated heterocycles. The maximum atomic E-state index is 12.4. The van der Waals surface area contributed by atoms with Crippen LogP contribution in [0.4, 0.5) is 5.69 Å². The van der Waals surface area contributed by atoms with Crippen LogP contribution in [0.1, 0.15) is 15.9 Å². The topological polar surface area (TPSA) is 43.9 Å². The highest BCUT2D eigenvalue weighted by molar-refractivity contribution is 9.10. The first-order valence-electron chi connectivity index (χ1n) is 9.44. The molecule has 0 aromatic heterocycles. The third-order valence-corrected chi connectivity index (χ3v) is 5.71. The summed E-state index contributed by atoms with van der Waals surface area (Å²) in [5.41, 5.74) is 2.42. The third-order valence-electron chi connectivity index (χ3n) is 5.21. The molecule has 5 nitrogen and oxygen atoms in total. The molecule has 6 heteroatoms. The molecule has 0 N–H and O–H groups in total. The van der Waals surface area contributed by atoms with Crippen LogP contribution in [0.15, 0.2) is 59.1 Å². The Hall–Kier alpha value is -2.28. The molecular weight excluding hydrogens is 418 g/mol. The van der Waals surface area contributed by atoms with Gasteiger partial charge < -0.3 is 0 Å². The van der Waals surface area contributed by atoms with Gasteiger partial charge in [-0.2, -0.15) is 0 Å². The maximum absolute atomic E-state index is 12.4. The summed E-state index contributed by atoms with van der Waals surface area (Å²) in [7, 11) is 0. The minimum Gasteiger partial charge on any atom is -0.297 e. The van der Waals surface area contributed by atoms with Gasteiger partial charge in [-0.15, -0.1) is 0 Å². The van der Waals surface area contributed by atoms with Crippen molar-refractivity contribution in [3.8, 4) is 0 Å². The van der Waals surface area contributed by atoms with E-state index in [9.17, 15) is 9.59 Å². The van der Waals surface area contributed by atoms with Crippen LogP contribution in [0.25, 0.3) is 6.08 Å². The van der Waals surface area contributed by atoms with Crippen LogP contribution in [0.2, 0.25) is 0 Å². The molecular formula is C22H22BrN3O2. The van der Waals surface area contributed by atoms with Crippen LogP contribution in [-0.4, -0.2) is 60.9 Å². The van der Waals surface area contributed by atoms with E-state index in [4.69, 9.17) is 0 Å². The zero-order valence-corrected chi connectivity index (χ0v) is 17.1. The first-order chi connectivity index (χ1) is 13.6. The first kappa shape index (κ1) is 19.1. The Kier molecular flexibility index (Phi) is 5.71. The predicted molar refractivity (Wildman–Crippen MR) is 114 cm³/mol. The standard InChI is InChI=1S/C22H22BrN3O2/c23-18-8-9-20-19(15-18)21(27)22(28)26(20)16-25-13-11-24(12-14-25)10-4-7-17-5-2-1-3-6-17/h1-9,15H,10-14,16H2/b7-4+. The lowest BCUT2D eigenvalue weighted by Gasteiger charge is -2.36. The minimum atomic E-state index is -0.429. The number of carbonyl (C=O) groups excluding carboxylic acids is 2. The van der Waals surface area contributed by atoms with Gasteiger partial charge in [0.05, 0.1) is 17.9 Å². The largest absolute Gasteiger partial charge is 0.300 e. The third kappa shape index (κ3) is 4.09. The molecule has 0 bridgehead atoms. The smallest absolute Gasteiger partial charge is 0.297 e. The minimum absolute atomic E-state index is 0.416. The van der Waals surface area contributed by atoms with E-state index in [0.717, 1.165) is 37.2 Å². The van der Waals surface area contributed by atoms with E-state index in [-0.39, 0.29) is 0 Å². The van der Waals surface area contributed by atoms with Crippen LogP contribution in [-0.2, 0) is 4.79 Å². The molecule has 2 heterocycles. The fraction of sp³-hybridized carbons (Fsp3) is 0.273. The quantitative estimate of drug-likeness (QED) is 0.670. The van der Waals surface area contributed by atoms with Gasteiger partial charge in [0.2, 0.25) is 0 Å². The molecule has 0 unspecified atom stereocenters. The van der Waals surface area contributed by atoms with Crippen molar-refractivity contribution in [3.63, 3.8) is 0 Å². The number of anilines is 1. The molecule has 2 aromatic carbocycles. The zero-order valence-electron chi connectivity index (χ0n) is 15.6. The monoisotopic (exact) mass is 439 g/mol. The van der Waals surface area contributed by atoms with E-state index >= 15 is 0 Å². The predicted octanol–water partition coefficient (Wildman–Crippen LogP) is 3.27. The SMILES string of the molecule is O=C1C(=O)N(CN2CCN(C/C=C/c3ccccc3)CC2)c2ccc(Br)cc21. The normalized spacial score (nSPS) is 18.2. The lowest BCUT2D eigenvalue weighted by atomic mass is 10.1. The van der Waals surface area contributed by atoms with Gasteiger partial charge in [0.1, 0.15) is 0 Å². The fourth-order valence-electron chi connectivity index (χ4n) is 3.63. The molecule has 0 radical (unpaired) electrons. The van der Waals surface area contributed by atoms with Gasteiger partial charge in [0.15, 0.2) is 0 Å². The summed E-state index contributed by atoms with van der Waals surface area (Å²) in [5.74, 6) is -0.845. The summed E-state index contributed by atoms with van der Waals surface area (Å²) in [6, 6.07) is 15.7. The van der Waals surface area contributed by atoms with Gasteiger partial charge in [0, 0.05) is 37.2 Å². The Labute approximate surface area is 173 Å². The summed E-state index contributed by atoms with van der Waals surface area (Å²) >= 11 is 3.37. The number of hydrogen-bond donors (Lipinski definition) is 0. The zero-order chi connectivity index (χ0) is 19.5. The Morgan fingerprint density at radius 2 is 1.64 bits per heavy atom. The van der Waals surface area contributed by atoms with Gasteiger partial charge in [-0.1, -0.05) is 58.4 Å². The summed E-state index contributed by atoms with van der Waals surface area (Å²) in [6.07, 6.45) is 4.34. The molecule has 0 aliphatic carbocycles. The molecule has 2 aliphatic rings. The van der Waals surface area contributed by atoms with Crippen molar-refractivity contribution in [2.45, 2.75) is 0 Å². The van der Waals surface area contributed by atoms with E-state index in [1.807, 2.05) is 30.3 Å². The number of Topliss-reactive ketones (excluding diaryl/α,β-unsaturated/α-hetero) is 1. The van der Waals surface area contributed by atoms with Crippen molar-refractivity contribution < 1.29 is 9.59 Å². The van der Waals surface area contributed by atoms with Crippen LogP contribution >= 0.6 is 15.9 Å². The molecule has 2 aliphatic heterocycles. The molecule has 0 saturated carbocycles. The van der Waals surface area contributed by atoms with Crippen molar-refractivity contribution >= 4 is 39.4 Å². The van der Waals surface area contributed by atoms with Crippen molar-refractivity contribution in [1.29, 1.82) is 0 Å². The molecule has 1 amide bonds. The number of fused-ring (bicyclic) bond motifs is 1. The van der Waals surface area contributed by atoms with Crippen molar-refractivity contribution in [1.82, 2.24) is 9.80 Å². The van der Waals surface area contributed by atoms with Gasteiger partial charge in [-0.3, -0.25) is 24.3 Å². The van der Waals surface area contributed by atoms with Crippen molar-refractivity contribution in [3.05, 3.63) is 70.2 Å². The second kappa shape index (κ2) is 8.39. The molecule has 1 fully saturated rings. The van der Waals surface area contributed by atoms with E-state index in [0.29, 0.717) is 17.9 Å². The Morgan fingerprint density at radius 1 is 0.929 bits per heavy atom. The lowest BCUT2D eigenvalue weighted by Crippen LogP contribution is -2.50. The highest BCUT2D eigenvalue weighted by atomic mass is 79.9. The molecule has 28 heavy (non-hydrogen) atoms. The van der Waals surface area contributed by atoms with Crippen molar-refractivity contribution in [2.75, 3.05) is 44.3 Å². The second-order valence-electron chi connectivity index (χ2n) is 7.10. The number of amides is 1. The molecule has 0 spiro atoms. The average molecular weight is 440 g/mol. The fourth-order valence-corrected chi connectivity index (χ4v) is 3.99. The lowest BCUT2D eigenvalue weighted by molar-refractivity contribution is -0.114. The van der Waals surface area contributed by atoms with Crippen molar-refractivity contribution in [2.24, 2.45) is 0 Å². The van der Waals surface area contributed by atoms with E-state index in [1.54, 1.807) is 11.0 Å². The van der Waals surface area contributed by atoms with E-state index in [1.165, 1.54) is 5.56 Å². The summed E-state index contributed by atoms with van der Waals surface area (Å²) < 4.78 is 0.812. The number of rotatable bonds is 5. The molecule has 4 rings (SSSR count). The van der Waals surface area contributed by atoms with Crippen LogP contribution in [0.5, 0.6) is 0 Å². The second-order valence-corrected chi connectivity index (χ2v) is 8.01. The van der Waals surface area contributed by atoms with E-state index < -0.39 is 11.7 Å². The first-order valence-corrected chi connectivity index (χ1v) is 10.2. The van der Waals surface area contributed by atoms with Crippen LogP contribution in [0, 0.1) is 0 Å². The number of piperazine rings is 1. The molecule has 2 aromatic rings. The number of hydrogen-bond acceptors (Lipinski definition) is 4. The Morgan fingerprint density at radius 3 is 2.39 bits per heavy atom. The summed E-state index contributed by atoms with van der Waals surface area (Å²) in [6.45, 7) is 5.03. The van der Waals surface area contributed by atoms with Crippen LogP contribution < -0.4 is 4.90 Å². The Balaban J connectivity index is 1.31. The van der Waals surface area contributed by atoms with Gasteiger partial charge >= 0.3 is 5.91 Å². The number of ketones is 1. The van der Waals surface area contributed by atoms with Gasteiger partial charge in [0.25, 0.3) is 5.78 Å². The number of carbonyl (C=O) groups is 2. The van der Waals surface area contributed by atoms with Gasteiger partial charge in [-0.25, -0.2) is 0 Å². The maximum Gasteiger partial charge on any atom is 0.300 e. The van der Waals surface area contributed by atoms with Crippen LogP contribution in [0.3, 0.4) is 0 Å². The van der Waals surface area contributed by atoms with E-state index in [2.05, 4.69) is 50.0 Å². The average Bonchev–Trinajstić information content (AvgIpc) is 2.94. The highest BCUT2D eigenvalue weighted by Gasteiger charge is 2.37. The summed E-state index contributed by atoms with van der Waals surface area (Å²) in [4.78, 5) is 30.9. The summed E-state index contributed by atoms with van der Waals surface area (Å²) in [5, 5.41) is 0. The number of halogens is 1. The number of nitrogens with zero attached hydrogens (tertiary/aromatic N) is 3. The van der Waals surface area contributed by atoms with Gasteiger partial charge in [-0.05, 0) is 23.8 Å². The molecule has 0 atom stereocenters. The Bertz CT molecular complexity index is 905.